The molecule has 0 bridgehead atoms. The number of benzene rings is 1. The lowest BCUT2D eigenvalue weighted by molar-refractivity contribution is 0.0846. The number of fused-ring (bicyclic) bond motifs is 1. The molecule has 7 nitrogen and oxygen atoms in total. The molecule has 1 aliphatic rings. The van der Waals surface area contributed by atoms with Crippen LogP contribution in [-0.2, 0) is 0 Å². The standard InChI is InChI=1S/C15H16N2O5S/c1-9-14(23-7-17-9)15(19)16-5-10(18)6-20-11-2-3-12-13(4-11)22-8-21-12/h2-4,7,10,18H,5-6,8H2,1H3,(H,16,19)/t10-/m1/s1. The van der Waals surface area contributed by atoms with Crippen molar-refractivity contribution < 1.29 is 24.1 Å². The number of aryl methyl sites for hydroxylation is 1. The van der Waals surface area contributed by atoms with Crippen molar-refractivity contribution in [3.8, 4) is 17.2 Å². The number of hydrogen-bond acceptors (Lipinski definition) is 7. The Labute approximate surface area is 136 Å². The van der Waals surface area contributed by atoms with Gasteiger partial charge < -0.3 is 24.6 Å². The van der Waals surface area contributed by atoms with E-state index in [0.717, 1.165) is 0 Å². The van der Waals surface area contributed by atoms with Gasteiger partial charge >= 0.3 is 0 Å². The molecule has 0 radical (unpaired) electrons. The quantitative estimate of drug-likeness (QED) is 0.828. The molecule has 0 saturated heterocycles. The number of nitrogens with zero attached hydrogens (tertiary/aromatic N) is 1. The van der Waals surface area contributed by atoms with Gasteiger partial charge in [0.25, 0.3) is 5.91 Å². The monoisotopic (exact) mass is 336 g/mol. The topological polar surface area (TPSA) is 89.9 Å². The average molecular weight is 336 g/mol. The van der Waals surface area contributed by atoms with E-state index in [-0.39, 0.29) is 25.9 Å². The zero-order valence-electron chi connectivity index (χ0n) is 12.4. The molecule has 1 aromatic carbocycles. The van der Waals surface area contributed by atoms with E-state index in [4.69, 9.17) is 14.2 Å². The molecule has 122 valence electrons. The van der Waals surface area contributed by atoms with Gasteiger partial charge in [-0.25, -0.2) is 4.98 Å². The molecule has 0 unspecified atom stereocenters. The van der Waals surface area contributed by atoms with Crippen molar-refractivity contribution >= 4 is 17.2 Å². The highest BCUT2D eigenvalue weighted by Gasteiger charge is 2.16. The summed E-state index contributed by atoms with van der Waals surface area (Å²) in [5.41, 5.74) is 2.29. The van der Waals surface area contributed by atoms with E-state index in [0.29, 0.717) is 27.8 Å². The Balaban J connectivity index is 1.45. The number of amides is 1. The van der Waals surface area contributed by atoms with Crippen LogP contribution in [0, 0.1) is 6.92 Å². The number of nitrogens with one attached hydrogen (secondary N) is 1. The zero-order chi connectivity index (χ0) is 16.2. The van der Waals surface area contributed by atoms with Gasteiger partial charge in [-0.2, -0.15) is 0 Å². The molecule has 0 saturated carbocycles. The van der Waals surface area contributed by atoms with Gasteiger partial charge in [0.2, 0.25) is 6.79 Å². The summed E-state index contributed by atoms with van der Waals surface area (Å²) in [5, 5.41) is 12.6. The number of ether oxygens (including phenoxy) is 3. The highest BCUT2D eigenvalue weighted by atomic mass is 32.1. The molecule has 2 N–H and O–H groups in total. The second-order valence-electron chi connectivity index (χ2n) is 4.96. The Kier molecular flexibility index (Phi) is 4.63. The molecule has 2 aromatic rings. The molecule has 1 amide bonds. The van der Waals surface area contributed by atoms with Crippen LogP contribution in [0.25, 0.3) is 0 Å². The second kappa shape index (κ2) is 6.84. The van der Waals surface area contributed by atoms with E-state index in [9.17, 15) is 9.90 Å². The molecule has 1 aliphatic heterocycles. The van der Waals surface area contributed by atoms with Crippen LogP contribution in [0.5, 0.6) is 17.2 Å². The summed E-state index contributed by atoms with van der Waals surface area (Å²) in [6.07, 6.45) is -0.822. The van der Waals surface area contributed by atoms with E-state index < -0.39 is 6.10 Å². The van der Waals surface area contributed by atoms with Crippen LogP contribution in [0.4, 0.5) is 0 Å². The van der Waals surface area contributed by atoms with Crippen molar-refractivity contribution in [2.45, 2.75) is 13.0 Å². The first-order valence-electron chi connectivity index (χ1n) is 7.02. The predicted molar refractivity (Wildman–Crippen MR) is 83.3 cm³/mol. The third-order valence-electron chi connectivity index (χ3n) is 3.24. The Morgan fingerprint density at radius 1 is 1.48 bits per heavy atom. The van der Waals surface area contributed by atoms with Crippen LogP contribution < -0.4 is 19.5 Å². The third-order valence-corrected chi connectivity index (χ3v) is 4.16. The molecule has 8 heteroatoms. The van der Waals surface area contributed by atoms with Crippen LogP contribution in [-0.4, -0.2) is 42.0 Å². The smallest absolute Gasteiger partial charge is 0.263 e. The fourth-order valence-corrected chi connectivity index (χ4v) is 2.75. The van der Waals surface area contributed by atoms with Crippen molar-refractivity contribution in [2.24, 2.45) is 0 Å². The Morgan fingerprint density at radius 2 is 2.30 bits per heavy atom. The number of carbonyl (C=O) groups excluding carboxylic acids is 1. The Morgan fingerprint density at radius 3 is 3.09 bits per heavy atom. The van der Waals surface area contributed by atoms with Gasteiger partial charge in [-0.1, -0.05) is 0 Å². The van der Waals surface area contributed by atoms with Crippen LogP contribution in [0.1, 0.15) is 15.4 Å². The van der Waals surface area contributed by atoms with Gasteiger partial charge in [-0.3, -0.25) is 4.79 Å². The van der Waals surface area contributed by atoms with Gasteiger partial charge in [0, 0.05) is 12.6 Å². The lowest BCUT2D eigenvalue weighted by atomic mass is 10.3. The maximum absolute atomic E-state index is 11.9. The fraction of sp³-hybridized carbons (Fsp3) is 0.333. The number of thiazole rings is 1. The first-order valence-corrected chi connectivity index (χ1v) is 7.90. The van der Waals surface area contributed by atoms with E-state index in [2.05, 4.69) is 10.3 Å². The summed E-state index contributed by atoms with van der Waals surface area (Å²) in [6, 6.07) is 5.19. The number of carbonyl (C=O) groups is 1. The summed E-state index contributed by atoms with van der Waals surface area (Å²) < 4.78 is 16.0. The van der Waals surface area contributed by atoms with Crippen molar-refractivity contribution in [1.29, 1.82) is 0 Å². The van der Waals surface area contributed by atoms with Gasteiger partial charge in [0.15, 0.2) is 11.5 Å². The molecule has 0 fully saturated rings. The van der Waals surface area contributed by atoms with Crippen LogP contribution >= 0.6 is 11.3 Å². The number of aliphatic hydroxyl groups excluding tert-OH is 1. The van der Waals surface area contributed by atoms with Crippen molar-refractivity contribution in [1.82, 2.24) is 10.3 Å². The minimum atomic E-state index is -0.822. The first-order chi connectivity index (χ1) is 11.1. The largest absolute Gasteiger partial charge is 0.491 e. The molecule has 0 aliphatic carbocycles. The summed E-state index contributed by atoms with van der Waals surface area (Å²) >= 11 is 1.27. The van der Waals surface area contributed by atoms with E-state index in [1.54, 1.807) is 30.6 Å². The summed E-state index contributed by atoms with van der Waals surface area (Å²) in [7, 11) is 0. The predicted octanol–water partition coefficient (Wildman–Crippen LogP) is 1.35. The van der Waals surface area contributed by atoms with Gasteiger partial charge in [0.05, 0.1) is 11.2 Å². The van der Waals surface area contributed by atoms with Gasteiger partial charge in [-0.05, 0) is 19.1 Å². The molecule has 0 spiro atoms. The summed E-state index contributed by atoms with van der Waals surface area (Å²) in [4.78, 5) is 16.5. The number of aromatic nitrogens is 1. The zero-order valence-corrected chi connectivity index (χ0v) is 13.3. The molecule has 3 rings (SSSR count). The Hall–Kier alpha value is -2.32. The summed E-state index contributed by atoms with van der Waals surface area (Å²) in [5.74, 6) is 1.61. The maximum atomic E-state index is 11.9. The van der Waals surface area contributed by atoms with Crippen molar-refractivity contribution in [3.05, 3.63) is 34.3 Å². The first kappa shape index (κ1) is 15.6. The minimum absolute atomic E-state index is 0.0571. The molecular formula is C15H16N2O5S. The fourth-order valence-electron chi connectivity index (χ4n) is 2.03. The van der Waals surface area contributed by atoms with Crippen LogP contribution in [0.3, 0.4) is 0 Å². The molecule has 1 atom stereocenters. The third kappa shape index (κ3) is 3.72. The molecule has 1 aromatic heterocycles. The molecule has 23 heavy (non-hydrogen) atoms. The number of hydrogen-bond donors (Lipinski definition) is 2. The van der Waals surface area contributed by atoms with E-state index in [1.165, 1.54) is 11.3 Å². The highest BCUT2D eigenvalue weighted by molar-refractivity contribution is 7.11. The highest BCUT2D eigenvalue weighted by Crippen LogP contribution is 2.35. The lowest BCUT2D eigenvalue weighted by Crippen LogP contribution is -2.35. The molecular weight excluding hydrogens is 320 g/mol. The second-order valence-corrected chi connectivity index (χ2v) is 5.81. The van der Waals surface area contributed by atoms with Crippen molar-refractivity contribution in [2.75, 3.05) is 19.9 Å². The normalized spacial score (nSPS) is 13.7. The number of aliphatic hydroxyl groups is 1. The van der Waals surface area contributed by atoms with Gasteiger partial charge in [0.1, 0.15) is 23.3 Å². The SMILES string of the molecule is Cc1ncsc1C(=O)NC[C@@H](O)COc1ccc2c(c1)OCO2. The van der Waals surface area contributed by atoms with E-state index >= 15 is 0 Å². The van der Waals surface area contributed by atoms with Crippen LogP contribution in [0.15, 0.2) is 23.7 Å². The lowest BCUT2D eigenvalue weighted by Gasteiger charge is -2.13. The Bertz CT molecular complexity index is 703. The maximum Gasteiger partial charge on any atom is 0.263 e. The average Bonchev–Trinajstić information content (AvgIpc) is 3.18. The number of rotatable bonds is 6. The molecule has 2 heterocycles. The van der Waals surface area contributed by atoms with E-state index in [1.807, 2.05) is 0 Å². The van der Waals surface area contributed by atoms with Crippen molar-refractivity contribution in [3.63, 3.8) is 0 Å². The van der Waals surface area contributed by atoms with Gasteiger partial charge in [-0.15, -0.1) is 11.3 Å². The minimum Gasteiger partial charge on any atom is -0.491 e. The van der Waals surface area contributed by atoms with Crippen LogP contribution in [0.2, 0.25) is 0 Å². The summed E-state index contributed by atoms with van der Waals surface area (Å²) in [6.45, 7) is 2.12.